The van der Waals surface area contributed by atoms with E-state index in [-0.39, 0.29) is 5.91 Å². The van der Waals surface area contributed by atoms with Gasteiger partial charge in [0.15, 0.2) is 0 Å². The summed E-state index contributed by atoms with van der Waals surface area (Å²) in [5.74, 6) is 0.00448. The minimum absolute atomic E-state index is 0.00448. The molecule has 1 aliphatic rings. The van der Waals surface area contributed by atoms with E-state index in [1.165, 1.54) is 0 Å². The molecule has 0 aliphatic heterocycles. The highest BCUT2D eigenvalue weighted by Crippen LogP contribution is 2.36. The minimum atomic E-state index is -0.612. The number of likely N-dealkylation sites (N-methyl/N-ethyl adjacent to an activating group) is 1. The van der Waals surface area contributed by atoms with E-state index in [4.69, 9.17) is 22.7 Å². The number of nitrogens with one attached hydrogen (secondary N) is 1. The van der Waals surface area contributed by atoms with Crippen LogP contribution in [0.25, 0.3) is 0 Å². The Kier molecular flexibility index (Phi) is 7.40. The molecule has 0 aromatic carbocycles. The number of nitrogens with two attached hydrogens (primary N) is 1. The van der Waals surface area contributed by atoms with Crippen molar-refractivity contribution in [1.29, 1.82) is 0 Å². The van der Waals surface area contributed by atoms with Crippen LogP contribution in [0.5, 0.6) is 0 Å². The fraction of sp³-hybridized carbons (Fsp3) is 0.857. The Bertz CT molecular complexity index is 330. The molecular formula is C14H27N3O2S. The molecule has 20 heavy (non-hydrogen) atoms. The van der Waals surface area contributed by atoms with Gasteiger partial charge in [-0.1, -0.05) is 31.5 Å². The van der Waals surface area contributed by atoms with Gasteiger partial charge in [0.2, 0.25) is 5.91 Å². The second-order valence-electron chi connectivity index (χ2n) is 5.56. The van der Waals surface area contributed by atoms with E-state index in [9.17, 15) is 4.79 Å². The minimum Gasteiger partial charge on any atom is -0.392 e. The summed E-state index contributed by atoms with van der Waals surface area (Å²) in [4.78, 5) is 14.9. The summed E-state index contributed by atoms with van der Waals surface area (Å²) >= 11 is 5.15. The summed E-state index contributed by atoms with van der Waals surface area (Å²) in [5.41, 5.74) is 5.23. The molecule has 0 aromatic rings. The molecule has 116 valence electrons. The van der Waals surface area contributed by atoms with E-state index < -0.39 is 5.41 Å². The fourth-order valence-corrected chi connectivity index (χ4v) is 2.93. The summed E-state index contributed by atoms with van der Waals surface area (Å²) in [6.07, 6.45) is 4.79. The maximum absolute atomic E-state index is 12.4. The summed E-state index contributed by atoms with van der Waals surface area (Å²) in [6, 6.07) is 0. The Morgan fingerprint density at radius 3 is 2.55 bits per heavy atom. The molecule has 1 amide bonds. The molecule has 6 heteroatoms. The van der Waals surface area contributed by atoms with Gasteiger partial charge in [0.05, 0.1) is 17.0 Å². The maximum atomic E-state index is 12.4. The number of carbonyl (C=O) groups excluding carboxylic acids is 1. The quantitative estimate of drug-likeness (QED) is 0.653. The lowest BCUT2D eigenvalue weighted by Crippen LogP contribution is -2.51. The summed E-state index contributed by atoms with van der Waals surface area (Å²) in [7, 11) is 3.69. The first kappa shape index (κ1) is 17.3. The molecule has 1 fully saturated rings. The molecule has 0 spiro atoms. The van der Waals surface area contributed by atoms with E-state index in [1.807, 2.05) is 7.05 Å². The molecule has 1 aliphatic carbocycles. The Morgan fingerprint density at radius 2 is 2.00 bits per heavy atom. The van der Waals surface area contributed by atoms with Gasteiger partial charge in [-0.15, -0.1) is 0 Å². The number of carbonyl (C=O) groups is 1. The first-order valence-electron chi connectivity index (χ1n) is 7.28. The van der Waals surface area contributed by atoms with Gasteiger partial charge in [0.25, 0.3) is 0 Å². The van der Waals surface area contributed by atoms with Crippen molar-refractivity contribution in [3.63, 3.8) is 0 Å². The molecule has 1 saturated carbocycles. The molecular weight excluding hydrogens is 274 g/mol. The summed E-state index contributed by atoms with van der Waals surface area (Å²) in [6.45, 7) is 2.96. The lowest BCUT2D eigenvalue weighted by molar-refractivity contribution is -0.128. The topological polar surface area (TPSA) is 67.6 Å². The van der Waals surface area contributed by atoms with Gasteiger partial charge in [0.1, 0.15) is 0 Å². The second-order valence-corrected chi connectivity index (χ2v) is 6.00. The molecule has 0 saturated heterocycles. The van der Waals surface area contributed by atoms with E-state index in [0.29, 0.717) is 18.1 Å². The van der Waals surface area contributed by atoms with Crippen molar-refractivity contribution < 1.29 is 9.53 Å². The third kappa shape index (κ3) is 4.68. The van der Waals surface area contributed by atoms with Gasteiger partial charge < -0.3 is 20.7 Å². The van der Waals surface area contributed by atoms with Gasteiger partial charge in [-0.3, -0.25) is 4.79 Å². The highest BCUT2D eigenvalue weighted by atomic mass is 32.1. The first-order chi connectivity index (χ1) is 9.53. The lowest BCUT2D eigenvalue weighted by Gasteiger charge is -2.35. The molecule has 0 atom stereocenters. The highest BCUT2D eigenvalue weighted by Gasteiger charge is 2.42. The fourth-order valence-electron chi connectivity index (χ4n) is 2.63. The Hall–Kier alpha value is -0.720. The van der Waals surface area contributed by atoms with Crippen LogP contribution in [-0.2, 0) is 9.53 Å². The number of ether oxygens (including phenoxy) is 1. The number of hydrogen-bond donors (Lipinski definition) is 2. The molecule has 0 heterocycles. The van der Waals surface area contributed by atoms with Crippen LogP contribution in [-0.4, -0.2) is 56.2 Å². The van der Waals surface area contributed by atoms with Gasteiger partial charge in [-0.25, -0.2) is 0 Å². The van der Waals surface area contributed by atoms with Crippen LogP contribution in [0, 0.1) is 5.41 Å². The van der Waals surface area contributed by atoms with Crippen molar-refractivity contribution in [2.24, 2.45) is 11.1 Å². The molecule has 5 nitrogen and oxygen atoms in total. The van der Waals surface area contributed by atoms with E-state index in [2.05, 4.69) is 10.2 Å². The van der Waals surface area contributed by atoms with Crippen molar-refractivity contribution >= 4 is 23.1 Å². The third-order valence-corrected chi connectivity index (χ3v) is 4.46. The smallest absolute Gasteiger partial charge is 0.233 e. The molecule has 0 aromatic heterocycles. The summed E-state index contributed by atoms with van der Waals surface area (Å²) < 4.78 is 5.02. The zero-order chi connectivity index (χ0) is 15.0. The number of thiocarbonyl (C=S) groups is 1. The lowest BCUT2D eigenvalue weighted by atomic mass is 9.73. The van der Waals surface area contributed by atoms with Crippen LogP contribution < -0.4 is 11.1 Å². The highest BCUT2D eigenvalue weighted by molar-refractivity contribution is 7.80. The number of rotatable bonds is 8. The Balaban J connectivity index is 2.41. The van der Waals surface area contributed by atoms with Gasteiger partial charge in [-0.2, -0.15) is 0 Å². The maximum Gasteiger partial charge on any atom is 0.233 e. The van der Waals surface area contributed by atoms with Crippen molar-refractivity contribution in [2.75, 3.05) is 40.4 Å². The van der Waals surface area contributed by atoms with Gasteiger partial charge in [-0.05, 0) is 19.9 Å². The first-order valence-corrected chi connectivity index (χ1v) is 7.69. The van der Waals surface area contributed by atoms with Crippen LogP contribution in [0.2, 0.25) is 0 Å². The van der Waals surface area contributed by atoms with Crippen LogP contribution in [0.15, 0.2) is 0 Å². The average molecular weight is 301 g/mol. The van der Waals surface area contributed by atoms with Gasteiger partial charge in [0, 0.05) is 26.7 Å². The zero-order valence-electron chi connectivity index (χ0n) is 12.6. The second kappa shape index (κ2) is 8.54. The number of methoxy groups -OCH3 is 1. The number of hydrogen-bond acceptors (Lipinski definition) is 4. The van der Waals surface area contributed by atoms with Crippen LogP contribution in [0.4, 0.5) is 0 Å². The molecule has 1 rings (SSSR count). The largest absolute Gasteiger partial charge is 0.392 e. The number of amides is 1. The predicted molar refractivity (Wildman–Crippen MR) is 84.7 cm³/mol. The SMILES string of the molecule is COCCN(C)CCNC(=O)C1(C(N)=S)CCCCC1. The predicted octanol–water partition coefficient (Wildman–Crippen LogP) is 0.917. The molecule has 3 N–H and O–H groups in total. The standard InChI is InChI=1S/C14H27N3O2S/c1-17(10-11-19-2)9-8-16-13(18)14(12(15)20)6-4-3-5-7-14/h3-11H2,1-2H3,(H2,15,20)(H,16,18). The van der Waals surface area contributed by atoms with Crippen LogP contribution in [0.1, 0.15) is 32.1 Å². The average Bonchev–Trinajstić information content (AvgIpc) is 2.45. The van der Waals surface area contributed by atoms with Crippen LogP contribution in [0.3, 0.4) is 0 Å². The molecule has 0 bridgehead atoms. The van der Waals surface area contributed by atoms with E-state index in [1.54, 1.807) is 7.11 Å². The molecule has 0 radical (unpaired) electrons. The van der Waals surface area contributed by atoms with Gasteiger partial charge >= 0.3 is 0 Å². The van der Waals surface area contributed by atoms with Crippen molar-refractivity contribution in [3.05, 3.63) is 0 Å². The van der Waals surface area contributed by atoms with E-state index >= 15 is 0 Å². The number of nitrogens with zero attached hydrogens (tertiary/aromatic N) is 1. The normalized spacial score (nSPS) is 17.9. The third-order valence-electron chi connectivity index (χ3n) is 4.07. The Morgan fingerprint density at radius 1 is 1.35 bits per heavy atom. The van der Waals surface area contributed by atoms with Crippen molar-refractivity contribution in [2.45, 2.75) is 32.1 Å². The summed E-state index contributed by atoms with van der Waals surface area (Å²) in [5, 5.41) is 2.99. The van der Waals surface area contributed by atoms with Crippen molar-refractivity contribution in [3.8, 4) is 0 Å². The monoisotopic (exact) mass is 301 g/mol. The van der Waals surface area contributed by atoms with Crippen LogP contribution >= 0.6 is 12.2 Å². The van der Waals surface area contributed by atoms with E-state index in [0.717, 1.165) is 45.2 Å². The Labute approximate surface area is 127 Å². The van der Waals surface area contributed by atoms with Crippen molar-refractivity contribution in [1.82, 2.24) is 10.2 Å². The molecule has 0 unspecified atom stereocenters. The zero-order valence-corrected chi connectivity index (χ0v) is 13.4.